The second-order valence-electron chi connectivity index (χ2n) is 6.84. The van der Waals surface area contributed by atoms with Crippen molar-refractivity contribution in [1.29, 1.82) is 0 Å². The number of carbonyl (C=O) groups is 1. The number of alkyl halides is 3. The smallest absolute Gasteiger partial charge is 0.376 e. The zero-order valence-electron chi connectivity index (χ0n) is 14.3. The Labute approximate surface area is 154 Å². The van der Waals surface area contributed by atoms with E-state index in [-0.39, 0.29) is 36.1 Å². The summed E-state index contributed by atoms with van der Waals surface area (Å²) in [5, 5.41) is 0. The lowest BCUT2D eigenvalue weighted by Crippen LogP contribution is -2.45. The van der Waals surface area contributed by atoms with E-state index in [0.717, 1.165) is 12.5 Å². The van der Waals surface area contributed by atoms with Crippen molar-refractivity contribution >= 4 is 15.7 Å². The van der Waals surface area contributed by atoms with Crippen LogP contribution in [0.25, 0.3) is 0 Å². The molecule has 2 atom stereocenters. The van der Waals surface area contributed by atoms with Gasteiger partial charge in [-0.05, 0) is 37.5 Å². The van der Waals surface area contributed by atoms with Crippen LogP contribution in [0.5, 0.6) is 0 Å². The van der Waals surface area contributed by atoms with Gasteiger partial charge in [0.25, 0.3) is 5.91 Å². The minimum atomic E-state index is -4.93. The van der Waals surface area contributed by atoms with Crippen molar-refractivity contribution in [3.63, 3.8) is 0 Å². The fraction of sp³-hybridized carbons (Fsp3) is 0.588. The number of amides is 1. The number of hydrogen-bond donors (Lipinski definition) is 0. The third-order valence-electron chi connectivity index (χ3n) is 4.85. The Morgan fingerprint density at radius 2 is 2.00 bits per heavy atom. The van der Waals surface area contributed by atoms with E-state index in [1.807, 2.05) is 0 Å². The first kappa shape index (κ1) is 20.1. The van der Waals surface area contributed by atoms with Crippen LogP contribution in [0.2, 0.25) is 0 Å². The first-order valence-corrected chi connectivity index (χ1v) is 10.4. The van der Waals surface area contributed by atoms with Gasteiger partial charge in [-0.25, -0.2) is 12.8 Å². The van der Waals surface area contributed by atoms with Gasteiger partial charge in [-0.1, -0.05) is 0 Å². The number of ether oxygens (including phenoxy) is 1. The number of hydrogen-bond acceptors (Lipinski definition) is 4. The molecule has 3 rings (SSSR count). The molecule has 2 heterocycles. The second-order valence-corrected chi connectivity index (χ2v) is 9.07. The van der Waals surface area contributed by atoms with Crippen LogP contribution in [0.4, 0.5) is 17.6 Å². The monoisotopic (exact) mass is 409 g/mol. The largest absolute Gasteiger partial charge is 0.419 e. The molecule has 5 nitrogen and oxygen atoms in total. The highest BCUT2D eigenvalue weighted by atomic mass is 32.2. The molecule has 0 spiro atoms. The normalized spacial score (nSPS) is 24.9. The highest BCUT2D eigenvalue weighted by Gasteiger charge is 2.38. The lowest BCUT2D eigenvalue weighted by atomic mass is 10.1. The Hall–Kier alpha value is -1.68. The van der Waals surface area contributed by atoms with Gasteiger partial charge in [0.2, 0.25) is 0 Å². The molecule has 1 amide bonds. The SMILES string of the molecule is O=C(c1ccc(F)c(C(F)(F)F)c1)N(C[C@H]1CCCO1)[C@H]1CCS(=O)(=O)C1. The van der Waals surface area contributed by atoms with E-state index >= 15 is 0 Å². The third-order valence-corrected chi connectivity index (χ3v) is 6.60. The Balaban J connectivity index is 1.90. The molecule has 2 fully saturated rings. The lowest BCUT2D eigenvalue weighted by molar-refractivity contribution is -0.140. The zero-order valence-corrected chi connectivity index (χ0v) is 15.2. The summed E-state index contributed by atoms with van der Waals surface area (Å²) in [7, 11) is -3.30. The van der Waals surface area contributed by atoms with Crippen molar-refractivity contribution in [3.8, 4) is 0 Å². The van der Waals surface area contributed by atoms with Gasteiger partial charge in [-0.15, -0.1) is 0 Å². The average molecular weight is 409 g/mol. The van der Waals surface area contributed by atoms with Crippen LogP contribution < -0.4 is 0 Å². The summed E-state index contributed by atoms with van der Waals surface area (Å²) in [5.74, 6) is -2.53. The molecule has 0 aromatic heterocycles. The second kappa shape index (κ2) is 7.38. The molecule has 27 heavy (non-hydrogen) atoms. The summed E-state index contributed by atoms with van der Waals surface area (Å²) in [6, 6.07) is 1.43. The number of halogens is 4. The third kappa shape index (κ3) is 4.60. The van der Waals surface area contributed by atoms with Crippen LogP contribution in [0, 0.1) is 5.82 Å². The van der Waals surface area contributed by atoms with Gasteiger partial charge in [-0.3, -0.25) is 4.79 Å². The number of nitrogens with zero attached hydrogens (tertiary/aromatic N) is 1. The number of benzene rings is 1. The summed E-state index contributed by atoms with van der Waals surface area (Å²) in [5.41, 5.74) is -1.85. The Morgan fingerprint density at radius 3 is 2.56 bits per heavy atom. The summed E-state index contributed by atoms with van der Waals surface area (Å²) in [6.45, 7) is 0.613. The predicted octanol–water partition coefficient (Wildman–Crippen LogP) is 2.65. The molecular formula is C17H19F4NO4S. The fourth-order valence-corrected chi connectivity index (χ4v) is 5.20. The van der Waals surface area contributed by atoms with Gasteiger partial charge in [0.15, 0.2) is 9.84 Å². The van der Waals surface area contributed by atoms with E-state index in [2.05, 4.69) is 0 Å². The first-order valence-electron chi connectivity index (χ1n) is 8.56. The molecule has 0 bridgehead atoms. The molecule has 150 valence electrons. The van der Waals surface area contributed by atoms with Gasteiger partial charge in [0, 0.05) is 24.8 Å². The minimum absolute atomic E-state index is 0.0792. The van der Waals surface area contributed by atoms with Crippen LogP contribution in [-0.4, -0.2) is 56.0 Å². The summed E-state index contributed by atoms with van der Waals surface area (Å²) in [4.78, 5) is 14.2. The van der Waals surface area contributed by atoms with E-state index in [1.54, 1.807) is 0 Å². The highest BCUT2D eigenvalue weighted by Crippen LogP contribution is 2.32. The maximum atomic E-state index is 13.5. The molecule has 0 N–H and O–H groups in total. The van der Waals surface area contributed by atoms with Crippen LogP contribution in [0.15, 0.2) is 18.2 Å². The standard InChI is InChI=1S/C17H19F4NO4S/c18-15-4-3-11(8-14(15)17(19,20)21)16(23)22(9-13-2-1-6-26-13)12-5-7-27(24,25)10-12/h3-4,8,12-13H,1-2,5-7,9-10H2/t12-,13+/m0/s1. The van der Waals surface area contributed by atoms with Gasteiger partial charge in [-0.2, -0.15) is 13.2 Å². The van der Waals surface area contributed by atoms with E-state index in [1.165, 1.54) is 4.90 Å². The molecule has 1 aromatic rings. The summed E-state index contributed by atoms with van der Waals surface area (Å²) < 4.78 is 81.5. The van der Waals surface area contributed by atoms with Crippen LogP contribution >= 0.6 is 0 Å². The number of sulfone groups is 1. The van der Waals surface area contributed by atoms with E-state index < -0.39 is 39.3 Å². The highest BCUT2D eigenvalue weighted by molar-refractivity contribution is 7.91. The van der Waals surface area contributed by atoms with Gasteiger partial charge in [0.1, 0.15) is 5.82 Å². The Kier molecular flexibility index (Phi) is 5.49. The van der Waals surface area contributed by atoms with Crippen molar-refractivity contribution in [3.05, 3.63) is 35.1 Å². The quantitative estimate of drug-likeness (QED) is 0.718. The van der Waals surface area contributed by atoms with Crippen molar-refractivity contribution < 1.29 is 35.5 Å². The number of carbonyl (C=O) groups excluding carboxylic acids is 1. The molecule has 0 radical (unpaired) electrons. The topological polar surface area (TPSA) is 63.7 Å². The van der Waals surface area contributed by atoms with E-state index in [0.29, 0.717) is 25.2 Å². The average Bonchev–Trinajstić information content (AvgIpc) is 3.20. The summed E-state index contributed by atoms with van der Waals surface area (Å²) in [6.07, 6.45) is -3.53. The van der Waals surface area contributed by atoms with Crippen molar-refractivity contribution in [2.75, 3.05) is 24.7 Å². The van der Waals surface area contributed by atoms with E-state index in [9.17, 15) is 30.8 Å². The number of rotatable bonds is 4. The predicted molar refractivity (Wildman–Crippen MR) is 88.5 cm³/mol. The molecule has 0 saturated carbocycles. The molecule has 1 aromatic carbocycles. The van der Waals surface area contributed by atoms with Crippen LogP contribution in [-0.2, 0) is 20.8 Å². The zero-order chi connectivity index (χ0) is 19.8. The van der Waals surface area contributed by atoms with Gasteiger partial charge >= 0.3 is 6.18 Å². The van der Waals surface area contributed by atoms with Crippen molar-refractivity contribution in [1.82, 2.24) is 4.90 Å². The Bertz CT molecular complexity index is 819. The fourth-order valence-electron chi connectivity index (χ4n) is 3.47. The maximum absolute atomic E-state index is 13.5. The maximum Gasteiger partial charge on any atom is 0.419 e. The first-order chi connectivity index (χ1) is 12.6. The molecule has 0 aliphatic carbocycles. The van der Waals surface area contributed by atoms with Crippen LogP contribution in [0.1, 0.15) is 35.2 Å². The molecule has 2 saturated heterocycles. The summed E-state index contributed by atoms with van der Waals surface area (Å²) >= 11 is 0. The minimum Gasteiger partial charge on any atom is -0.376 e. The van der Waals surface area contributed by atoms with Crippen molar-refractivity contribution in [2.24, 2.45) is 0 Å². The molecular weight excluding hydrogens is 390 g/mol. The molecule has 2 aliphatic heterocycles. The lowest BCUT2D eigenvalue weighted by Gasteiger charge is -2.30. The van der Waals surface area contributed by atoms with Crippen molar-refractivity contribution in [2.45, 2.75) is 37.6 Å². The molecule has 2 aliphatic rings. The van der Waals surface area contributed by atoms with Crippen LogP contribution in [0.3, 0.4) is 0 Å². The van der Waals surface area contributed by atoms with Gasteiger partial charge in [0.05, 0.1) is 23.2 Å². The molecule has 0 unspecified atom stereocenters. The van der Waals surface area contributed by atoms with Gasteiger partial charge < -0.3 is 9.64 Å². The molecule has 10 heteroatoms. The van der Waals surface area contributed by atoms with E-state index in [4.69, 9.17) is 4.74 Å². The Morgan fingerprint density at radius 1 is 1.26 bits per heavy atom.